The van der Waals surface area contributed by atoms with Crippen LogP contribution in [0.1, 0.15) is 36.2 Å². The number of aliphatic hydroxyl groups excluding tert-OH is 1. The second kappa shape index (κ2) is 7.12. The number of hydrogen-bond acceptors (Lipinski definition) is 3. The molecule has 116 valence electrons. The Kier molecular flexibility index (Phi) is 5.78. The zero-order chi connectivity index (χ0) is 16.2. The van der Waals surface area contributed by atoms with Gasteiger partial charge in [-0.1, -0.05) is 19.9 Å². The maximum atomic E-state index is 13.7. The number of rotatable bonds is 6. The van der Waals surface area contributed by atoms with Crippen LogP contribution in [0.3, 0.4) is 0 Å². The highest BCUT2D eigenvalue weighted by atomic mass is 19.2. The molecule has 5 nitrogen and oxygen atoms in total. The van der Waals surface area contributed by atoms with Gasteiger partial charge in [0.05, 0.1) is 5.56 Å². The molecule has 1 aromatic rings. The van der Waals surface area contributed by atoms with E-state index >= 15 is 0 Å². The van der Waals surface area contributed by atoms with Crippen LogP contribution < -0.4 is 11.1 Å². The van der Waals surface area contributed by atoms with Crippen LogP contribution in [0.15, 0.2) is 12.1 Å². The minimum Gasteiger partial charge on any atom is -0.383 e. The van der Waals surface area contributed by atoms with Gasteiger partial charge in [-0.3, -0.25) is 9.59 Å². The zero-order valence-corrected chi connectivity index (χ0v) is 11.8. The molecule has 0 heterocycles. The smallest absolute Gasteiger partial charge is 0.251 e. The number of aliphatic hydroxyl groups is 1. The Labute approximate surface area is 121 Å². The molecule has 0 fully saturated rings. The van der Waals surface area contributed by atoms with Crippen molar-refractivity contribution in [3.05, 3.63) is 34.9 Å². The number of nitrogens with one attached hydrogen (secondary N) is 1. The Morgan fingerprint density at radius 3 is 2.43 bits per heavy atom. The summed E-state index contributed by atoms with van der Waals surface area (Å²) >= 11 is 0. The number of benzene rings is 1. The summed E-state index contributed by atoms with van der Waals surface area (Å²) in [6, 6.07) is 2.21. The SMILES string of the molecule is CC(C)C[C@@H](O)C(=O)NCc1ccc(C(N)=O)c(F)c1F. The molecule has 1 aromatic carbocycles. The Hall–Kier alpha value is -2.02. The van der Waals surface area contributed by atoms with Crippen molar-refractivity contribution in [1.82, 2.24) is 5.32 Å². The average Bonchev–Trinajstić information content (AvgIpc) is 2.38. The van der Waals surface area contributed by atoms with Crippen LogP contribution in [-0.2, 0) is 11.3 Å². The number of halogens is 2. The second-order valence-electron chi connectivity index (χ2n) is 5.13. The van der Waals surface area contributed by atoms with Crippen molar-refractivity contribution in [2.75, 3.05) is 0 Å². The topological polar surface area (TPSA) is 92.4 Å². The highest BCUT2D eigenvalue weighted by molar-refractivity contribution is 5.93. The summed E-state index contributed by atoms with van der Waals surface area (Å²) in [5, 5.41) is 11.9. The van der Waals surface area contributed by atoms with Gasteiger partial charge in [0.15, 0.2) is 11.6 Å². The molecule has 0 aromatic heterocycles. The van der Waals surface area contributed by atoms with E-state index in [4.69, 9.17) is 5.73 Å². The summed E-state index contributed by atoms with van der Waals surface area (Å²) in [7, 11) is 0. The number of hydrogen-bond donors (Lipinski definition) is 3. The summed E-state index contributed by atoms with van der Waals surface area (Å²) in [5.41, 5.74) is 4.20. The van der Waals surface area contributed by atoms with Crippen LogP contribution in [-0.4, -0.2) is 23.0 Å². The molecular formula is C14H18F2N2O3. The van der Waals surface area contributed by atoms with E-state index in [-0.39, 0.29) is 24.4 Å². The fourth-order valence-electron chi connectivity index (χ4n) is 1.77. The van der Waals surface area contributed by atoms with E-state index in [9.17, 15) is 23.5 Å². The molecule has 0 unspecified atom stereocenters. The van der Waals surface area contributed by atoms with Crippen LogP contribution >= 0.6 is 0 Å². The molecule has 0 aliphatic heterocycles. The summed E-state index contributed by atoms with van der Waals surface area (Å²) in [5.74, 6) is -4.21. The first-order valence-corrected chi connectivity index (χ1v) is 6.46. The van der Waals surface area contributed by atoms with Gasteiger partial charge in [0.25, 0.3) is 5.91 Å². The lowest BCUT2D eigenvalue weighted by atomic mass is 10.1. The molecule has 0 radical (unpaired) electrons. The van der Waals surface area contributed by atoms with E-state index in [1.165, 1.54) is 0 Å². The van der Waals surface area contributed by atoms with E-state index in [0.717, 1.165) is 12.1 Å². The number of primary amides is 1. The predicted molar refractivity (Wildman–Crippen MR) is 72.2 cm³/mol. The Bertz CT molecular complexity index is 547. The van der Waals surface area contributed by atoms with Gasteiger partial charge in [-0.25, -0.2) is 8.78 Å². The first kappa shape index (κ1) is 17.0. The van der Waals surface area contributed by atoms with Crippen molar-refractivity contribution in [3.8, 4) is 0 Å². The average molecular weight is 300 g/mol. The summed E-state index contributed by atoms with van der Waals surface area (Å²) in [4.78, 5) is 22.4. The fraction of sp³-hybridized carbons (Fsp3) is 0.429. The van der Waals surface area contributed by atoms with Gasteiger partial charge < -0.3 is 16.2 Å². The lowest BCUT2D eigenvalue weighted by molar-refractivity contribution is -0.130. The molecular weight excluding hydrogens is 282 g/mol. The molecule has 1 atom stereocenters. The van der Waals surface area contributed by atoms with Crippen molar-refractivity contribution >= 4 is 11.8 Å². The molecule has 4 N–H and O–H groups in total. The normalized spacial score (nSPS) is 12.3. The standard InChI is InChI=1S/C14H18F2N2O3/c1-7(2)5-10(19)14(21)18-6-8-3-4-9(13(17)20)12(16)11(8)15/h3-4,7,10,19H,5-6H2,1-2H3,(H2,17,20)(H,18,21)/t10-/m1/s1. The Morgan fingerprint density at radius 1 is 1.29 bits per heavy atom. The van der Waals surface area contributed by atoms with Crippen molar-refractivity contribution in [2.24, 2.45) is 11.7 Å². The number of nitrogens with two attached hydrogens (primary N) is 1. The van der Waals surface area contributed by atoms with Gasteiger partial charge in [0.1, 0.15) is 6.10 Å². The van der Waals surface area contributed by atoms with E-state index in [0.29, 0.717) is 0 Å². The van der Waals surface area contributed by atoms with Gasteiger partial charge in [0, 0.05) is 12.1 Å². The highest BCUT2D eigenvalue weighted by Crippen LogP contribution is 2.16. The summed E-state index contributed by atoms with van der Waals surface area (Å²) < 4.78 is 27.2. The maximum Gasteiger partial charge on any atom is 0.251 e. The van der Waals surface area contributed by atoms with E-state index in [1.807, 2.05) is 13.8 Å². The largest absolute Gasteiger partial charge is 0.383 e. The quantitative estimate of drug-likeness (QED) is 0.734. The number of carbonyl (C=O) groups is 2. The summed E-state index contributed by atoms with van der Waals surface area (Å²) in [6.45, 7) is 3.39. The van der Waals surface area contributed by atoms with Crippen molar-refractivity contribution in [2.45, 2.75) is 32.9 Å². The maximum absolute atomic E-state index is 13.7. The Balaban J connectivity index is 2.75. The molecule has 0 aliphatic carbocycles. The minimum absolute atomic E-state index is 0.120. The molecule has 0 saturated heterocycles. The lowest BCUT2D eigenvalue weighted by Gasteiger charge is -2.14. The second-order valence-corrected chi connectivity index (χ2v) is 5.13. The summed E-state index contributed by atoms with van der Waals surface area (Å²) in [6.07, 6.45) is -0.939. The van der Waals surface area contributed by atoms with Gasteiger partial charge in [-0.05, 0) is 18.4 Å². The van der Waals surface area contributed by atoms with Crippen molar-refractivity contribution < 1.29 is 23.5 Å². The van der Waals surface area contributed by atoms with Gasteiger partial charge in [0.2, 0.25) is 5.91 Å². The molecule has 0 aliphatic rings. The monoisotopic (exact) mass is 300 g/mol. The highest BCUT2D eigenvalue weighted by Gasteiger charge is 2.19. The third-order valence-electron chi connectivity index (χ3n) is 2.88. The van der Waals surface area contributed by atoms with Gasteiger partial charge >= 0.3 is 0 Å². The van der Waals surface area contributed by atoms with Crippen molar-refractivity contribution in [3.63, 3.8) is 0 Å². The molecule has 0 spiro atoms. The fourth-order valence-corrected chi connectivity index (χ4v) is 1.77. The predicted octanol–water partition coefficient (Wildman–Crippen LogP) is 1.09. The van der Waals surface area contributed by atoms with Crippen LogP contribution in [0, 0.1) is 17.6 Å². The van der Waals surface area contributed by atoms with Crippen molar-refractivity contribution in [1.29, 1.82) is 0 Å². The molecule has 1 rings (SSSR count). The molecule has 7 heteroatoms. The minimum atomic E-state index is -1.35. The number of carbonyl (C=O) groups excluding carboxylic acids is 2. The molecule has 0 saturated carbocycles. The molecule has 21 heavy (non-hydrogen) atoms. The number of amides is 2. The molecule has 0 bridgehead atoms. The third-order valence-corrected chi connectivity index (χ3v) is 2.88. The van der Waals surface area contributed by atoms with Crippen LogP contribution in [0.4, 0.5) is 8.78 Å². The van der Waals surface area contributed by atoms with Crippen LogP contribution in [0.2, 0.25) is 0 Å². The molecule has 2 amide bonds. The van der Waals surface area contributed by atoms with E-state index in [2.05, 4.69) is 5.32 Å². The first-order valence-electron chi connectivity index (χ1n) is 6.46. The van der Waals surface area contributed by atoms with E-state index < -0.39 is 35.1 Å². The van der Waals surface area contributed by atoms with Gasteiger partial charge in [-0.2, -0.15) is 0 Å². The first-order chi connectivity index (χ1) is 9.73. The zero-order valence-electron chi connectivity index (χ0n) is 11.8. The third kappa shape index (κ3) is 4.49. The Morgan fingerprint density at radius 2 is 1.90 bits per heavy atom. The van der Waals surface area contributed by atoms with Crippen LogP contribution in [0.5, 0.6) is 0 Å². The van der Waals surface area contributed by atoms with Crippen LogP contribution in [0.25, 0.3) is 0 Å². The van der Waals surface area contributed by atoms with E-state index in [1.54, 1.807) is 0 Å². The lowest BCUT2D eigenvalue weighted by Crippen LogP contribution is -2.35. The van der Waals surface area contributed by atoms with Gasteiger partial charge in [-0.15, -0.1) is 0 Å².